The molecule has 0 radical (unpaired) electrons. The summed E-state index contributed by atoms with van der Waals surface area (Å²) in [5.41, 5.74) is 0. The Labute approximate surface area is 281 Å². The van der Waals surface area contributed by atoms with Crippen LogP contribution in [0.1, 0.15) is 156 Å². The van der Waals surface area contributed by atoms with Gasteiger partial charge in [-0.15, -0.1) is 0 Å². The maximum absolute atomic E-state index is 11.9. The van der Waals surface area contributed by atoms with Gasteiger partial charge >= 0.3 is 17.9 Å². The van der Waals surface area contributed by atoms with Crippen LogP contribution in [0.4, 0.5) is 0 Å². The summed E-state index contributed by atoms with van der Waals surface area (Å²) in [6.07, 6.45) is 21.8. The van der Waals surface area contributed by atoms with E-state index in [-0.39, 0.29) is 0 Å². The summed E-state index contributed by atoms with van der Waals surface area (Å²) in [6.45, 7) is 9.80. The van der Waals surface area contributed by atoms with Crippen molar-refractivity contribution in [3.8, 4) is 0 Å². The van der Waals surface area contributed by atoms with Crippen LogP contribution in [0.3, 0.4) is 0 Å². The molecule has 46 heavy (non-hydrogen) atoms. The highest BCUT2D eigenvalue weighted by Gasteiger charge is 2.20. The van der Waals surface area contributed by atoms with Crippen molar-refractivity contribution in [1.82, 2.24) is 20.9 Å². The van der Waals surface area contributed by atoms with Crippen molar-refractivity contribution in [2.75, 3.05) is 39.3 Å². The van der Waals surface area contributed by atoms with Crippen molar-refractivity contribution in [2.24, 2.45) is 0 Å². The first-order valence-corrected chi connectivity index (χ1v) is 18.9. The van der Waals surface area contributed by atoms with Crippen molar-refractivity contribution < 1.29 is 29.7 Å². The zero-order valence-corrected chi connectivity index (χ0v) is 29.8. The highest BCUT2D eigenvalue weighted by Crippen LogP contribution is 2.11. The minimum atomic E-state index is -0.832. The van der Waals surface area contributed by atoms with Crippen molar-refractivity contribution in [3.63, 3.8) is 0 Å². The number of unbranched alkanes of at least 4 members (excludes halogenated alkanes) is 15. The second kappa shape index (κ2) is 31.8. The summed E-state index contributed by atoms with van der Waals surface area (Å²) in [6, 6.07) is -1.77. The Hall–Kier alpha value is -1.75. The number of carboxylic acids is 3. The van der Waals surface area contributed by atoms with E-state index >= 15 is 0 Å². The predicted molar refractivity (Wildman–Crippen MR) is 189 cm³/mol. The van der Waals surface area contributed by atoms with Crippen LogP contribution in [-0.4, -0.2) is 95.5 Å². The molecule has 0 aromatic rings. The topological polar surface area (TPSA) is 151 Å². The third-order valence-electron chi connectivity index (χ3n) is 8.89. The molecule has 3 unspecified atom stereocenters. The van der Waals surface area contributed by atoms with Gasteiger partial charge in [0.25, 0.3) is 0 Å². The van der Waals surface area contributed by atoms with E-state index in [1.807, 2.05) is 0 Å². The molecule has 0 aromatic carbocycles. The van der Waals surface area contributed by atoms with Crippen molar-refractivity contribution >= 4 is 17.9 Å². The van der Waals surface area contributed by atoms with Crippen LogP contribution in [0.5, 0.6) is 0 Å². The van der Waals surface area contributed by atoms with E-state index < -0.39 is 36.0 Å². The van der Waals surface area contributed by atoms with Gasteiger partial charge in [0.2, 0.25) is 0 Å². The van der Waals surface area contributed by atoms with Crippen molar-refractivity contribution in [2.45, 2.75) is 174 Å². The van der Waals surface area contributed by atoms with Gasteiger partial charge in [-0.05, 0) is 19.3 Å². The van der Waals surface area contributed by atoms with Gasteiger partial charge in [0, 0.05) is 39.3 Å². The Kier molecular flexibility index (Phi) is 30.6. The number of hydrogen-bond acceptors (Lipinski definition) is 7. The fraction of sp³-hybridized carbons (Fsp3) is 0.917. The van der Waals surface area contributed by atoms with E-state index in [0.717, 1.165) is 57.8 Å². The first kappa shape index (κ1) is 44.2. The molecule has 272 valence electrons. The van der Waals surface area contributed by atoms with Gasteiger partial charge in [0.15, 0.2) is 0 Å². The molecule has 0 aromatic heterocycles. The molecule has 6 N–H and O–H groups in total. The number of aliphatic carboxylic acids is 3. The molecule has 0 saturated carbocycles. The second-order valence-electron chi connectivity index (χ2n) is 13.0. The number of nitrogens with one attached hydrogen (secondary N) is 3. The maximum Gasteiger partial charge on any atom is 0.320 e. The molecular weight excluding hydrogens is 584 g/mol. The molecule has 0 aliphatic carbocycles. The van der Waals surface area contributed by atoms with Crippen molar-refractivity contribution in [1.29, 1.82) is 0 Å². The van der Waals surface area contributed by atoms with E-state index in [1.54, 1.807) is 0 Å². The normalized spacial score (nSPS) is 13.6. The summed E-state index contributed by atoms with van der Waals surface area (Å²) in [4.78, 5) is 37.8. The molecule has 0 aliphatic rings. The van der Waals surface area contributed by atoms with E-state index in [0.29, 0.717) is 58.5 Å². The Balaban J connectivity index is 4.95. The van der Waals surface area contributed by atoms with Gasteiger partial charge in [-0.1, -0.05) is 136 Å². The number of rotatable bonds is 36. The Morgan fingerprint density at radius 1 is 0.435 bits per heavy atom. The Morgan fingerprint density at radius 3 is 0.913 bits per heavy atom. The Bertz CT molecular complexity index is 646. The molecular formula is C36H72N4O6. The molecule has 0 bridgehead atoms. The molecule has 10 heteroatoms. The zero-order valence-electron chi connectivity index (χ0n) is 29.8. The summed E-state index contributed by atoms with van der Waals surface area (Å²) in [5.74, 6) is -2.50. The van der Waals surface area contributed by atoms with Gasteiger partial charge in [-0.3, -0.25) is 19.3 Å². The van der Waals surface area contributed by atoms with Gasteiger partial charge in [0.1, 0.15) is 18.1 Å². The average Bonchev–Trinajstić information content (AvgIpc) is 3.02. The second-order valence-corrected chi connectivity index (χ2v) is 13.0. The van der Waals surface area contributed by atoms with Crippen LogP contribution in [0, 0.1) is 0 Å². The molecule has 0 aliphatic heterocycles. The summed E-state index contributed by atoms with van der Waals surface area (Å²) < 4.78 is 0. The summed E-state index contributed by atoms with van der Waals surface area (Å²) in [7, 11) is 0. The summed E-state index contributed by atoms with van der Waals surface area (Å²) in [5, 5.41) is 38.9. The third-order valence-corrected chi connectivity index (χ3v) is 8.89. The van der Waals surface area contributed by atoms with Crippen LogP contribution in [0.15, 0.2) is 0 Å². The van der Waals surface area contributed by atoms with Gasteiger partial charge < -0.3 is 31.3 Å². The van der Waals surface area contributed by atoms with Gasteiger partial charge in [-0.25, -0.2) is 0 Å². The molecule has 3 atom stereocenters. The third kappa shape index (κ3) is 26.3. The van der Waals surface area contributed by atoms with Crippen LogP contribution < -0.4 is 16.0 Å². The number of carbonyl (C=O) groups is 3. The quantitative estimate of drug-likeness (QED) is 0.0404. The van der Waals surface area contributed by atoms with E-state index in [2.05, 4.69) is 41.6 Å². The monoisotopic (exact) mass is 657 g/mol. The van der Waals surface area contributed by atoms with E-state index in [9.17, 15) is 29.7 Å². The largest absolute Gasteiger partial charge is 0.480 e. The number of nitrogens with zero attached hydrogens (tertiary/aromatic N) is 1. The van der Waals surface area contributed by atoms with E-state index in [1.165, 1.54) is 57.8 Å². The molecule has 0 amide bonds. The fourth-order valence-electron chi connectivity index (χ4n) is 5.85. The highest BCUT2D eigenvalue weighted by atomic mass is 16.4. The Morgan fingerprint density at radius 2 is 0.674 bits per heavy atom. The smallest absolute Gasteiger partial charge is 0.320 e. The molecule has 0 spiro atoms. The first-order chi connectivity index (χ1) is 22.3. The fourth-order valence-corrected chi connectivity index (χ4v) is 5.85. The highest BCUT2D eigenvalue weighted by molar-refractivity contribution is 5.74. The number of hydrogen-bond donors (Lipinski definition) is 6. The van der Waals surface area contributed by atoms with Crippen LogP contribution >= 0.6 is 0 Å². The molecule has 0 heterocycles. The zero-order chi connectivity index (χ0) is 34.3. The lowest BCUT2D eigenvalue weighted by Gasteiger charge is -2.26. The standard InChI is InChI=1S/C36H72N4O6/c1-4-7-10-13-16-19-22-31(34(41)42)37-25-28-40(29-26-38-32(35(43)44)23-20-17-14-11-8-5-2)30-27-39-33(36(45)46)24-21-18-15-12-9-6-3/h31-33,37-39H,4-30H2,1-3H3,(H,41,42)(H,43,44)(H,45,46). The maximum atomic E-state index is 11.9. The SMILES string of the molecule is CCCCCCCCC(NCCN(CCNC(CCCCCCCC)C(=O)O)CCNC(CCCCCCCC)C(=O)O)C(=O)O. The van der Waals surface area contributed by atoms with Crippen LogP contribution in [-0.2, 0) is 14.4 Å². The van der Waals surface area contributed by atoms with Crippen LogP contribution in [0.25, 0.3) is 0 Å². The minimum Gasteiger partial charge on any atom is -0.480 e. The predicted octanol–water partition coefficient (Wildman–Crippen LogP) is 6.67. The molecule has 0 fully saturated rings. The summed E-state index contributed by atoms with van der Waals surface area (Å²) >= 11 is 0. The average molecular weight is 657 g/mol. The van der Waals surface area contributed by atoms with Gasteiger partial charge in [0.05, 0.1) is 0 Å². The van der Waals surface area contributed by atoms with Crippen molar-refractivity contribution in [3.05, 3.63) is 0 Å². The lowest BCUT2D eigenvalue weighted by molar-refractivity contribution is -0.140. The molecule has 0 saturated heterocycles. The number of carboxylic acid groups (broad SMARTS) is 3. The lowest BCUT2D eigenvalue weighted by atomic mass is 10.1. The first-order valence-electron chi connectivity index (χ1n) is 18.9. The van der Waals surface area contributed by atoms with Gasteiger partial charge in [-0.2, -0.15) is 0 Å². The van der Waals surface area contributed by atoms with E-state index in [4.69, 9.17) is 0 Å². The van der Waals surface area contributed by atoms with Crippen LogP contribution in [0.2, 0.25) is 0 Å². The molecule has 10 nitrogen and oxygen atoms in total. The lowest BCUT2D eigenvalue weighted by Crippen LogP contribution is -2.47. The molecule has 0 rings (SSSR count). The minimum absolute atomic E-state index is 0.493.